The lowest BCUT2D eigenvalue weighted by Gasteiger charge is -2.25. The first kappa shape index (κ1) is 49.6. The van der Waals surface area contributed by atoms with Crippen molar-refractivity contribution in [2.45, 2.75) is 145 Å². The van der Waals surface area contributed by atoms with Crippen LogP contribution in [0.15, 0.2) is 0 Å². The Kier molecular flexibility index (Phi) is 39.4. The molecule has 1 amide bonds. The summed E-state index contributed by atoms with van der Waals surface area (Å²) in [7, 11) is 0. The van der Waals surface area contributed by atoms with Gasteiger partial charge in [-0.25, -0.2) is 9.59 Å². The van der Waals surface area contributed by atoms with E-state index in [-0.39, 0.29) is 66.1 Å². The summed E-state index contributed by atoms with van der Waals surface area (Å²) in [5, 5.41) is 11.1. The summed E-state index contributed by atoms with van der Waals surface area (Å²) in [5.74, 6) is -0.375. The number of rotatable bonds is 11. The first-order valence-corrected chi connectivity index (χ1v) is 14.1. The van der Waals surface area contributed by atoms with Crippen molar-refractivity contribution in [3.05, 3.63) is 0 Å². The van der Waals surface area contributed by atoms with Gasteiger partial charge in [0.05, 0.1) is 19.3 Å². The minimum atomic E-state index is -0.672. The van der Waals surface area contributed by atoms with Gasteiger partial charge < -0.3 is 35.1 Å². The molecule has 0 aromatic carbocycles. The van der Waals surface area contributed by atoms with Crippen LogP contribution in [0.2, 0.25) is 0 Å². The molecule has 254 valence electrons. The van der Waals surface area contributed by atoms with Gasteiger partial charge in [0.2, 0.25) is 0 Å². The van der Waals surface area contributed by atoms with Gasteiger partial charge in [-0.1, -0.05) is 29.7 Å². The number of carbonyl (C=O) groups is 4. The third-order valence-corrected chi connectivity index (χ3v) is 5.82. The molecule has 0 spiro atoms. The van der Waals surface area contributed by atoms with Gasteiger partial charge in [0.1, 0.15) is 12.2 Å². The summed E-state index contributed by atoms with van der Waals surface area (Å²) >= 11 is 4.92. The molecular formula is C30H63ClN2O9. The van der Waals surface area contributed by atoms with Gasteiger partial charge >= 0.3 is 23.5 Å². The average Bonchev–Trinajstić information content (AvgIpc) is 2.80. The maximum absolute atomic E-state index is 11.2. The Labute approximate surface area is 260 Å². The molecule has 0 radical (unpaired) electrons. The highest BCUT2D eigenvalue weighted by atomic mass is 35.5. The van der Waals surface area contributed by atoms with E-state index in [1.54, 1.807) is 13.8 Å². The van der Waals surface area contributed by atoms with Gasteiger partial charge in [0.15, 0.2) is 0 Å². The number of nitrogens with two attached hydrogens (primary N) is 1. The van der Waals surface area contributed by atoms with E-state index < -0.39 is 5.43 Å². The fourth-order valence-corrected chi connectivity index (χ4v) is 2.95. The maximum Gasteiger partial charge on any atom is 0.407 e. The molecule has 3 aliphatic rings. The van der Waals surface area contributed by atoms with Crippen molar-refractivity contribution in [3.8, 4) is 0 Å². The van der Waals surface area contributed by atoms with Crippen LogP contribution in [0.1, 0.15) is 127 Å². The summed E-state index contributed by atoms with van der Waals surface area (Å²) in [5.41, 5.74) is 4.49. The Morgan fingerprint density at radius 3 is 1.45 bits per heavy atom. The largest absolute Gasteiger partial charge is 0.466 e. The molecule has 0 aliphatic heterocycles. The highest BCUT2D eigenvalue weighted by molar-refractivity contribution is 6.61. The van der Waals surface area contributed by atoms with E-state index in [4.69, 9.17) is 31.9 Å². The molecule has 3 aliphatic carbocycles. The number of carbonyl (C=O) groups excluding carboxylic acids is 4. The number of esters is 2. The molecule has 0 atom stereocenters. The quantitative estimate of drug-likeness (QED) is 0.0947. The second kappa shape index (κ2) is 33.4. The van der Waals surface area contributed by atoms with Crippen LogP contribution in [0.25, 0.3) is 0 Å². The fourth-order valence-electron chi connectivity index (χ4n) is 2.82. The van der Waals surface area contributed by atoms with Gasteiger partial charge in [-0.3, -0.25) is 9.59 Å². The Hall–Kier alpha value is -2.11. The van der Waals surface area contributed by atoms with Crippen molar-refractivity contribution in [1.29, 1.82) is 0 Å². The number of aliphatic hydroxyl groups excluding tert-OH is 1. The van der Waals surface area contributed by atoms with E-state index >= 15 is 0 Å². The number of halogens is 1. The zero-order valence-electron chi connectivity index (χ0n) is 22.9. The second-order valence-electron chi connectivity index (χ2n) is 8.98. The Morgan fingerprint density at radius 1 is 0.762 bits per heavy atom. The van der Waals surface area contributed by atoms with E-state index in [1.165, 1.54) is 6.42 Å². The average molecular weight is 631 g/mol. The van der Waals surface area contributed by atoms with Gasteiger partial charge in [0, 0.05) is 31.0 Å². The van der Waals surface area contributed by atoms with Crippen molar-refractivity contribution >= 4 is 35.1 Å². The van der Waals surface area contributed by atoms with Crippen molar-refractivity contribution in [2.75, 3.05) is 26.3 Å². The lowest BCUT2D eigenvalue weighted by molar-refractivity contribution is -0.144. The molecule has 0 bridgehead atoms. The highest BCUT2D eigenvalue weighted by Gasteiger charge is 2.21. The Morgan fingerprint density at radius 2 is 1.17 bits per heavy atom. The number of alkyl carbamates (subject to hydrolysis) is 1. The van der Waals surface area contributed by atoms with Gasteiger partial charge in [0.25, 0.3) is 0 Å². The summed E-state index contributed by atoms with van der Waals surface area (Å²) in [6.07, 6.45) is 11.5. The molecule has 42 heavy (non-hydrogen) atoms. The molecular weight excluding hydrogens is 568 g/mol. The van der Waals surface area contributed by atoms with E-state index in [0.29, 0.717) is 45.6 Å². The Bertz CT molecular complexity index is 657. The first-order chi connectivity index (χ1) is 18.2. The minimum absolute atomic E-state index is 0. The summed E-state index contributed by atoms with van der Waals surface area (Å²) < 4.78 is 19.1. The molecule has 0 saturated heterocycles. The minimum Gasteiger partial charge on any atom is -0.466 e. The highest BCUT2D eigenvalue weighted by Crippen LogP contribution is 2.22. The van der Waals surface area contributed by atoms with Gasteiger partial charge in [-0.2, -0.15) is 0 Å². The van der Waals surface area contributed by atoms with Gasteiger partial charge in [-0.05, 0) is 91.0 Å². The van der Waals surface area contributed by atoms with Crippen molar-refractivity contribution in [1.82, 2.24) is 5.32 Å². The maximum atomic E-state index is 11.2. The fraction of sp³-hybridized carbons (Fsp3) is 0.867. The van der Waals surface area contributed by atoms with Crippen LogP contribution >= 0.6 is 11.6 Å². The number of hydrogen-bond donors (Lipinski definition) is 3. The van der Waals surface area contributed by atoms with Crippen molar-refractivity contribution in [3.63, 3.8) is 0 Å². The molecule has 3 fully saturated rings. The predicted octanol–water partition coefficient (Wildman–Crippen LogP) is 6.89. The zero-order chi connectivity index (χ0) is 28.6. The van der Waals surface area contributed by atoms with Crippen LogP contribution in [-0.2, 0) is 28.5 Å². The number of hydrogen-bond acceptors (Lipinski definition) is 10. The molecule has 3 rings (SSSR count). The van der Waals surface area contributed by atoms with E-state index in [2.05, 4.69) is 14.8 Å². The van der Waals surface area contributed by atoms with Crippen LogP contribution in [0.5, 0.6) is 0 Å². The monoisotopic (exact) mass is 630 g/mol. The standard InChI is InChI=1S/C11H19NO4.C6H13NO2.C5H7ClO2.C4H8O.4CH4/c1-2-15-10(13)7-4-8-12-11(14)16-9-5-3-6-9;1-2-9-6(8)4-3-5-7;6-5(7)8-4-2-1-3-4;5-4-2-1-3-4;;;;/h9H,2-8H2,1H3,(H,12,14);2-5,7H2,1H3;4H,1-3H2;4-5H,1-3H2;4*1H4. The molecule has 12 heteroatoms. The van der Waals surface area contributed by atoms with Crippen LogP contribution in [0.4, 0.5) is 9.59 Å². The van der Waals surface area contributed by atoms with E-state index in [1.807, 2.05) is 0 Å². The van der Waals surface area contributed by atoms with Crippen LogP contribution in [0.3, 0.4) is 0 Å². The second-order valence-corrected chi connectivity index (χ2v) is 9.29. The smallest absolute Gasteiger partial charge is 0.407 e. The molecule has 11 nitrogen and oxygen atoms in total. The molecule has 0 aromatic rings. The lowest BCUT2D eigenvalue weighted by atomic mass is 9.96. The topological polar surface area (TPSA) is 163 Å². The van der Waals surface area contributed by atoms with Gasteiger partial charge in [-0.15, -0.1) is 0 Å². The van der Waals surface area contributed by atoms with Crippen LogP contribution in [-0.4, -0.2) is 73.2 Å². The lowest BCUT2D eigenvalue weighted by Crippen LogP contribution is -2.33. The molecule has 0 aromatic heterocycles. The SMILES string of the molecule is C.C.C.C.CCOC(=O)CCCN.CCOC(=O)CCCNC(=O)OC1CCC1.O=C(Cl)OC1CCC1.OC1CCC1. The molecule has 3 saturated carbocycles. The number of ether oxygens (including phenoxy) is 4. The summed E-state index contributed by atoms with van der Waals surface area (Å²) in [6, 6.07) is 0. The predicted molar refractivity (Wildman–Crippen MR) is 170 cm³/mol. The van der Waals surface area contributed by atoms with E-state index in [0.717, 1.165) is 57.8 Å². The normalized spacial score (nSPS) is 14.5. The molecule has 0 heterocycles. The zero-order valence-corrected chi connectivity index (χ0v) is 23.7. The van der Waals surface area contributed by atoms with E-state index in [9.17, 15) is 19.2 Å². The molecule has 4 N–H and O–H groups in total. The third kappa shape index (κ3) is 30.8. The number of aliphatic hydroxyl groups is 1. The molecule has 0 unspecified atom stereocenters. The summed E-state index contributed by atoms with van der Waals surface area (Å²) in [6.45, 7) is 5.43. The van der Waals surface area contributed by atoms with Crippen molar-refractivity contribution < 1.29 is 43.2 Å². The van der Waals surface area contributed by atoms with Crippen molar-refractivity contribution in [2.24, 2.45) is 5.73 Å². The summed E-state index contributed by atoms with van der Waals surface area (Å²) in [4.78, 5) is 42.6. The first-order valence-electron chi connectivity index (χ1n) is 13.7. The Balaban J connectivity index is -0.000000151. The number of nitrogens with one attached hydrogen (secondary N) is 1. The number of amides is 1. The third-order valence-electron chi connectivity index (χ3n) is 5.73. The van der Waals surface area contributed by atoms with Crippen LogP contribution in [0, 0.1) is 0 Å². The van der Waals surface area contributed by atoms with Crippen LogP contribution < -0.4 is 11.1 Å².